The monoisotopic (exact) mass is 306 g/mol. The van der Waals surface area contributed by atoms with Crippen molar-refractivity contribution in [1.82, 2.24) is 4.98 Å². The Morgan fingerprint density at radius 2 is 1.65 bits per heavy atom. The molecule has 3 aromatic rings. The van der Waals surface area contributed by atoms with Crippen LogP contribution in [-0.2, 0) is 6.42 Å². The van der Waals surface area contributed by atoms with Gasteiger partial charge >= 0.3 is 0 Å². The number of aromatic nitrogens is 1. The van der Waals surface area contributed by atoms with Crippen LogP contribution in [0.1, 0.15) is 35.1 Å². The van der Waals surface area contributed by atoms with Crippen LogP contribution in [0.3, 0.4) is 0 Å². The number of nitrogens with one attached hydrogen (secondary N) is 1. The molecule has 3 rings (SSSR count). The lowest BCUT2D eigenvalue weighted by Gasteiger charge is -2.06. The molecule has 0 aliphatic carbocycles. The molecule has 23 heavy (non-hydrogen) atoms. The third-order valence-electron chi connectivity index (χ3n) is 4.58. The fourth-order valence-electron chi connectivity index (χ4n) is 3.38. The maximum Gasteiger partial charge on any atom is 0.0497 e. The Hall–Kier alpha value is -2.06. The van der Waals surface area contributed by atoms with Crippen molar-refractivity contribution >= 4 is 10.9 Å². The Bertz CT molecular complexity index is 810. The number of aromatic amines is 1. The zero-order valence-corrected chi connectivity index (χ0v) is 14.4. The molecule has 0 spiro atoms. The van der Waals surface area contributed by atoms with Crippen molar-refractivity contribution in [2.45, 2.75) is 40.0 Å². The highest BCUT2D eigenvalue weighted by Gasteiger charge is 2.14. The Balaban J connectivity index is 2.16. The number of H-pyrrole nitrogens is 1. The van der Waals surface area contributed by atoms with Crippen LogP contribution in [0.25, 0.3) is 22.2 Å². The van der Waals surface area contributed by atoms with Crippen LogP contribution in [0.2, 0.25) is 0 Å². The second-order valence-electron chi connectivity index (χ2n) is 6.59. The molecule has 3 N–H and O–H groups in total. The van der Waals surface area contributed by atoms with Crippen molar-refractivity contribution in [3.05, 3.63) is 58.7 Å². The third kappa shape index (κ3) is 3.18. The van der Waals surface area contributed by atoms with Crippen LogP contribution in [0.15, 0.2) is 36.4 Å². The van der Waals surface area contributed by atoms with E-state index in [9.17, 15) is 0 Å². The molecule has 0 aliphatic rings. The smallest absolute Gasteiger partial charge is 0.0497 e. The van der Waals surface area contributed by atoms with Crippen LogP contribution >= 0.6 is 0 Å². The Morgan fingerprint density at radius 1 is 0.913 bits per heavy atom. The average Bonchev–Trinajstić information content (AvgIpc) is 2.87. The highest BCUT2D eigenvalue weighted by molar-refractivity contribution is 5.93. The van der Waals surface area contributed by atoms with Gasteiger partial charge in [0.05, 0.1) is 0 Å². The first kappa shape index (κ1) is 15.8. The molecule has 0 atom stereocenters. The number of nitrogens with two attached hydrogens (primary N) is 1. The number of unbranched alkanes of at least 4 members (excludes halogenated alkanes) is 1. The molecule has 0 fully saturated rings. The van der Waals surface area contributed by atoms with E-state index >= 15 is 0 Å². The van der Waals surface area contributed by atoms with Crippen molar-refractivity contribution in [3.63, 3.8) is 0 Å². The number of hydrogen-bond donors (Lipinski definition) is 2. The molecule has 0 saturated carbocycles. The summed E-state index contributed by atoms with van der Waals surface area (Å²) in [6, 6.07) is 13.4. The SMILES string of the molecule is Cc1ccc(-c2[nH]c3c(C)cc(C)cc3c2CCCCN)cc1. The molecule has 0 unspecified atom stereocenters. The second kappa shape index (κ2) is 6.59. The molecular formula is C21H26N2. The molecular weight excluding hydrogens is 280 g/mol. The highest BCUT2D eigenvalue weighted by Crippen LogP contribution is 2.33. The quantitative estimate of drug-likeness (QED) is 0.637. The minimum absolute atomic E-state index is 0.764. The van der Waals surface area contributed by atoms with Crippen molar-refractivity contribution in [2.75, 3.05) is 6.54 Å². The fraction of sp³-hybridized carbons (Fsp3) is 0.333. The summed E-state index contributed by atoms with van der Waals surface area (Å²) in [6.45, 7) is 7.26. The van der Waals surface area contributed by atoms with Gasteiger partial charge in [0, 0.05) is 16.6 Å². The zero-order chi connectivity index (χ0) is 16.4. The van der Waals surface area contributed by atoms with Gasteiger partial charge in [-0.15, -0.1) is 0 Å². The van der Waals surface area contributed by atoms with Crippen molar-refractivity contribution in [2.24, 2.45) is 5.73 Å². The lowest BCUT2D eigenvalue weighted by molar-refractivity contribution is 0.748. The van der Waals surface area contributed by atoms with E-state index in [1.165, 1.54) is 44.4 Å². The summed E-state index contributed by atoms with van der Waals surface area (Å²) in [5, 5.41) is 1.37. The molecule has 1 aromatic heterocycles. The first-order valence-corrected chi connectivity index (χ1v) is 8.49. The van der Waals surface area contributed by atoms with Crippen molar-refractivity contribution in [1.29, 1.82) is 0 Å². The Kier molecular flexibility index (Phi) is 4.53. The first-order valence-electron chi connectivity index (χ1n) is 8.49. The van der Waals surface area contributed by atoms with E-state index in [4.69, 9.17) is 5.73 Å². The fourth-order valence-corrected chi connectivity index (χ4v) is 3.38. The summed E-state index contributed by atoms with van der Waals surface area (Å²) in [6.07, 6.45) is 3.28. The van der Waals surface area contributed by atoms with E-state index in [0.29, 0.717) is 0 Å². The van der Waals surface area contributed by atoms with Crippen LogP contribution < -0.4 is 5.73 Å². The van der Waals surface area contributed by atoms with Gasteiger partial charge in [-0.3, -0.25) is 0 Å². The van der Waals surface area contributed by atoms with Gasteiger partial charge in [0.1, 0.15) is 0 Å². The molecule has 0 aliphatic heterocycles. The van der Waals surface area contributed by atoms with E-state index in [-0.39, 0.29) is 0 Å². The maximum absolute atomic E-state index is 5.69. The minimum atomic E-state index is 0.764. The van der Waals surface area contributed by atoms with Gasteiger partial charge in [-0.2, -0.15) is 0 Å². The van der Waals surface area contributed by atoms with E-state index < -0.39 is 0 Å². The van der Waals surface area contributed by atoms with Crippen molar-refractivity contribution in [3.8, 4) is 11.3 Å². The zero-order valence-electron chi connectivity index (χ0n) is 14.4. The summed E-state index contributed by atoms with van der Waals surface area (Å²) in [4.78, 5) is 3.69. The lowest BCUT2D eigenvalue weighted by atomic mass is 9.98. The number of rotatable bonds is 5. The molecule has 2 heteroatoms. The van der Waals surface area contributed by atoms with Crippen LogP contribution in [0.4, 0.5) is 0 Å². The molecule has 2 aromatic carbocycles. The summed E-state index contributed by atoms with van der Waals surface area (Å²) >= 11 is 0. The van der Waals surface area contributed by atoms with Gasteiger partial charge in [-0.25, -0.2) is 0 Å². The van der Waals surface area contributed by atoms with Gasteiger partial charge < -0.3 is 10.7 Å². The predicted molar refractivity (Wildman–Crippen MR) is 99.9 cm³/mol. The van der Waals surface area contributed by atoms with Crippen LogP contribution in [-0.4, -0.2) is 11.5 Å². The number of hydrogen-bond acceptors (Lipinski definition) is 1. The number of benzene rings is 2. The standard InChI is InChI=1S/C21H26N2/c1-14-7-9-17(10-8-14)21-18(6-4-5-11-22)19-13-15(2)12-16(3)20(19)23-21/h7-10,12-13,23H,4-6,11,22H2,1-3H3. The summed E-state index contributed by atoms with van der Waals surface area (Å²) in [5.74, 6) is 0. The molecule has 1 heterocycles. The Morgan fingerprint density at radius 3 is 2.35 bits per heavy atom. The van der Waals surface area contributed by atoms with Crippen molar-refractivity contribution < 1.29 is 0 Å². The normalized spacial score (nSPS) is 11.3. The minimum Gasteiger partial charge on any atom is -0.354 e. The number of aryl methyl sites for hydroxylation is 4. The lowest BCUT2D eigenvalue weighted by Crippen LogP contribution is -1.99. The van der Waals surface area contributed by atoms with E-state index in [1.54, 1.807) is 0 Å². The summed E-state index contributed by atoms with van der Waals surface area (Å²) in [7, 11) is 0. The summed E-state index contributed by atoms with van der Waals surface area (Å²) in [5.41, 5.74) is 14.9. The van der Waals surface area contributed by atoms with Gasteiger partial charge in [0.2, 0.25) is 0 Å². The second-order valence-corrected chi connectivity index (χ2v) is 6.59. The van der Waals surface area contributed by atoms with E-state index in [1.807, 2.05) is 0 Å². The molecule has 0 bridgehead atoms. The largest absolute Gasteiger partial charge is 0.354 e. The molecule has 0 radical (unpaired) electrons. The molecule has 0 amide bonds. The molecule has 0 saturated heterocycles. The Labute approximate surface area is 138 Å². The van der Waals surface area contributed by atoms with Crippen LogP contribution in [0.5, 0.6) is 0 Å². The average molecular weight is 306 g/mol. The number of fused-ring (bicyclic) bond motifs is 1. The van der Waals surface area contributed by atoms with Crippen LogP contribution in [0, 0.1) is 20.8 Å². The molecule has 2 nitrogen and oxygen atoms in total. The predicted octanol–water partition coefficient (Wildman–Crippen LogP) is 5.04. The van der Waals surface area contributed by atoms with Gasteiger partial charge in [-0.1, -0.05) is 41.5 Å². The maximum atomic E-state index is 5.69. The topological polar surface area (TPSA) is 41.8 Å². The van der Waals surface area contributed by atoms with E-state index in [0.717, 1.165) is 25.8 Å². The molecule has 120 valence electrons. The third-order valence-corrected chi connectivity index (χ3v) is 4.58. The van der Waals surface area contributed by atoms with Gasteiger partial charge in [0.25, 0.3) is 0 Å². The highest BCUT2D eigenvalue weighted by atomic mass is 14.7. The van der Waals surface area contributed by atoms with E-state index in [2.05, 4.69) is 62.2 Å². The van der Waals surface area contributed by atoms with Gasteiger partial charge in [0.15, 0.2) is 0 Å². The first-order chi connectivity index (χ1) is 11.1. The van der Waals surface area contributed by atoms with Gasteiger partial charge in [-0.05, 0) is 69.3 Å². The summed E-state index contributed by atoms with van der Waals surface area (Å²) < 4.78 is 0.